The molecule has 0 aliphatic rings. The van der Waals surface area contributed by atoms with Crippen molar-refractivity contribution in [2.75, 3.05) is 6.26 Å². The van der Waals surface area contributed by atoms with Crippen molar-refractivity contribution in [2.45, 2.75) is 24.7 Å². The fourth-order valence-corrected chi connectivity index (χ4v) is 2.35. The molecular formula is C12H16O2S. The van der Waals surface area contributed by atoms with Crippen LogP contribution in [0.3, 0.4) is 0 Å². The van der Waals surface area contributed by atoms with Crippen LogP contribution in [-0.4, -0.2) is 17.3 Å². The van der Waals surface area contributed by atoms with E-state index in [0.717, 1.165) is 10.5 Å². The summed E-state index contributed by atoms with van der Waals surface area (Å²) in [5.41, 5.74) is 0.924. The molecule has 0 heterocycles. The fraction of sp³-hybridized carbons (Fsp3) is 0.417. The van der Waals surface area contributed by atoms with Gasteiger partial charge in [-0.3, -0.25) is 4.79 Å². The van der Waals surface area contributed by atoms with Crippen LogP contribution in [0.5, 0.6) is 0 Å². The highest BCUT2D eigenvalue weighted by Gasteiger charge is 2.25. The van der Waals surface area contributed by atoms with Crippen LogP contribution in [0.25, 0.3) is 0 Å². The molecule has 15 heavy (non-hydrogen) atoms. The summed E-state index contributed by atoms with van der Waals surface area (Å²) in [6, 6.07) is 7.71. The Morgan fingerprint density at radius 2 is 1.93 bits per heavy atom. The van der Waals surface area contributed by atoms with Gasteiger partial charge in [0.2, 0.25) is 0 Å². The van der Waals surface area contributed by atoms with Gasteiger partial charge in [-0.25, -0.2) is 0 Å². The molecule has 0 fully saturated rings. The van der Waals surface area contributed by atoms with Crippen molar-refractivity contribution >= 4 is 17.7 Å². The average molecular weight is 224 g/mol. The Kier molecular flexibility index (Phi) is 4.21. The molecule has 1 unspecified atom stereocenters. The highest BCUT2D eigenvalue weighted by molar-refractivity contribution is 7.98. The van der Waals surface area contributed by atoms with Gasteiger partial charge in [0.15, 0.2) is 0 Å². The van der Waals surface area contributed by atoms with E-state index in [0.29, 0.717) is 0 Å². The summed E-state index contributed by atoms with van der Waals surface area (Å²) in [5.74, 6) is -1.05. The van der Waals surface area contributed by atoms with Crippen LogP contribution >= 0.6 is 11.8 Å². The van der Waals surface area contributed by atoms with Crippen LogP contribution in [0, 0.1) is 5.92 Å². The van der Waals surface area contributed by atoms with Gasteiger partial charge < -0.3 is 5.11 Å². The second-order valence-electron chi connectivity index (χ2n) is 3.80. The first-order chi connectivity index (χ1) is 7.07. The molecule has 0 radical (unpaired) electrons. The first-order valence-corrected chi connectivity index (χ1v) is 6.16. The lowest BCUT2D eigenvalue weighted by Gasteiger charge is -2.19. The number of carboxylic acids is 1. The first kappa shape index (κ1) is 12.1. The normalized spacial score (nSPS) is 12.8. The highest BCUT2D eigenvalue weighted by Crippen LogP contribution is 2.31. The van der Waals surface area contributed by atoms with Crippen LogP contribution in [0.4, 0.5) is 0 Å². The molecule has 82 valence electrons. The minimum absolute atomic E-state index is 0.107. The summed E-state index contributed by atoms with van der Waals surface area (Å²) >= 11 is 1.60. The molecule has 0 bridgehead atoms. The van der Waals surface area contributed by atoms with E-state index < -0.39 is 11.9 Å². The molecule has 3 heteroatoms. The Bertz CT molecular complexity index is 347. The van der Waals surface area contributed by atoms with E-state index in [1.807, 2.05) is 44.4 Å². The van der Waals surface area contributed by atoms with Crippen molar-refractivity contribution in [3.63, 3.8) is 0 Å². The van der Waals surface area contributed by atoms with Gasteiger partial charge in [-0.05, 0) is 23.8 Å². The number of benzene rings is 1. The standard InChI is InChI=1S/C12H16O2S/c1-8(2)11(12(13)14)9-6-4-5-7-10(9)15-3/h4-8,11H,1-3H3,(H,13,14). The molecule has 1 aromatic rings. The molecule has 1 atom stereocenters. The minimum Gasteiger partial charge on any atom is -0.481 e. The summed E-state index contributed by atoms with van der Waals surface area (Å²) < 4.78 is 0. The van der Waals surface area contributed by atoms with Crippen LogP contribution in [0.15, 0.2) is 29.2 Å². The van der Waals surface area contributed by atoms with Gasteiger partial charge in [0.25, 0.3) is 0 Å². The lowest BCUT2D eigenvalue weighted by Crippen LogP contribution is -2.18. The van der Waals surface area contributed by atoms with Gasteiger partial charge in [0.1, 0.15) is 0 Å². The van der Waals surface area contributed by atoms with E-state index >= 15 is 0 Å². The molecule has 1 aromatic carbocycles. The number of hydrogen-bond acceptors (Lipinski definition) is 2. The van der Waals surface area contributed by atoms with E-state index in [9.17, 15) is 9.90 Å². The molecule has 0 saturated heterocycles. The highest BCUT2D eigenvalue weighted by atomic mass is 32.2. The molecule has 0 aromatic heterocycles. The number of aliphatic carboxylic acids is 1. The third-order valence-electron chi connectivity index (χ3n) is 2.41. The van der Waals surface area contributed by atoms with Crippen LogP contribution in [0.1, 0.15) is 25.3 Å². The van der Waals surface area contributed by atoms with Gasteiger partial charge in [-0.15, -0.1) is 11.8 Å². The Hall–Kier alpha value is -0.960. The van der Waals surface area contributed by atoms with Crippen molar-refractivity contribution in [2.24, 2.45) is 5.92 Å². The molecule has 0 amide bonds. The molecule has 0 saturated carbocycles. The van der Waals surface area contributed by atoms with Crippen LogP contribution < -0.4 is 0 Å². The second kappa shape index (κ2) is 5.21. The Morgan fingerprint density at radius 1 is 1.33 bits per heavy atom. The molecule has 0 aliphatic heterocycles. The lowest BCUT2D eigenvalue weighted by atomic mass is 9.88. The maximum atomic E-state index is 11.2. The predicted octanol–water partition coefficient (Wildman–Crippen LogP) is 3.23. The van der Waals surface area contributed by atoms with Crippen molar-refractivity contribution in [1.82, 2.24) is 0 Å². The van der Waals surface area contributed by atoms with E-state index in [4.69, 9.17) is 0 Å². The topological polar surface area (TPSA) is 37.3 Å². The summed E-state index contributed by atoms with van der Waals surface area (Å²) in [5, 5.41) is 9.21. The third-order valence-corrected chi connectivity index (χ3v) is 3.22. The van der Waals surface area contributed by atoms with Crippen LogP contribution in [-0.2, 0) is 4.79 Å². The zero-order valence-corrected chi connectivity index (χ0v) is 10.0. The molecule has 0 aliphatic carbocycles. The number of rotatable bonds is 4. The number of carboxylic acid groups (broad SMARTS) is 1. The maximum Gasteiger partial charge on any atom is 0.311 e. The van der Waals surface area contributed by atoms with E-state index in [-0.39, 0.29) is 5.92 Å². The summed E-state index contributed by atoms with van der Waals surface area (Å²) in [6.45, 7) is 3.88. The predicted molar refractivity (Wildman–Crippen MR) is 63.4 cm³/mol. The fourth-order valence-electron chi connectivity index (χ4n) is 1.70. The molecule has 0 spiro atoms. The Balaban J connectivity index is 3.16. The molecule has 1 rings (SSSR count). The third kappa shape index (κ3) is 2.75. The smallest absolute Gasteiger partial charge is 0.311 e. The Morgan fingerprint density at radius 3 is 2.40 bits per heavy atom. The second-order valence-corrected chi connectivity index (χ2v) is 4.65. The first-order valence-electron chi connectivity index (χ1n) is 4.93. The van der Waals surface area contributed by atoms with Gasteiger partial charge in [0, 0.05) is 4.90 Å². The molecular weight excluding hydrogens is 208 g/mol. The monoisotopic (exact) mass is 224 g/mol. The van der Waals surface area contributed by atoms with Crippen molar-refractivity contribution in [3.8, 4) is 0 Å². The largest absolute Gasteiger partial charge is 0.481 e. The maximum absolute atomic E-state index is 11.2. The zero-order valence-electron chi connectivity index (χ0n) is 9.23. The van der Waals surface area contributed by atoms with Gasteiger partial charge in [0.05, 0.1) is 5.92 Å². The van der Waals surface area contributed by atoms with E-state index in [2.05, 4.69) is 0 Å². The van der Waals surface area contributed by atoms with Crippen molar-refractivity contribution in [1.29, 1.82) is 0 Å². The minimum atomic E-state index is -0.744. The number of carbonyl (C=O) groups is 1. The Labute approximate surface area is 94.7 Å². The number of hydrogen-bond donors (Lipinski definition) is 1. The van der Waals surface area contributed by atoms with E-state index in [1.54, 1.807) is 11.8 Å². The van der Waals surface area contributed by atoms with E-state index in [1.165, 1.54) is 0 Å². The van der Waals surface area contributed by atoms with Gasteiger partial charge >= 0.3 is 5.97 Å². The average Bonchev–Trinajstić information content (AvgIpc) is 2.17. The SMILES string of the molecule is CSc1ccccc1C(C(=O)O)C(C)C. The quantitative estimate of drug-likeness (QED) is 0.798. The van der Waals surface area contributed by atoms with Gasteiger partial charge in [-0.2, -0.15) is 0 Å². The zero-order chi connectivity index (χ0) is 11.4. The van der Waals surface area contributed by atoms with Crippen LogP contribution in [0.2, 0.25) is 0 Å². The summed E-state index contributed by atoms with van der Waals surface area (Å²) in [6.07, 6.45) is 1.97. The number of thioether (sulfide) groups is 1. The van der Waals surface area contributed by atoms with Gasteiger partial charge in [-0.1, -0.05) is 32.0 Å². The lowest BCUT2D eigenvalue weighted by molar-refractivity contribution is -0.139. The molecule has 1 N–H and O–H groups in total. The summed E-state index contributed by atoms with van der Waals surface area (Å²) in [4.78, 5) is 12.3. The summed E-state index contributed by atoms with van der Waals surface area (Å²) in [7, 11) is 0. The van der Waals surface area contributed by atoms with Crippen molar-refractivity contribution < 1.29 is 9.90 Å². The van der Waals surface area contributed by atoms with Crippen molar-refractivity contribution in [3.05, 3.63) is 29.8 Å². The molecule has 2 nitrogen and oxygen atoms in total.